The van der Waals surface area contributed by atoms with E-state index in [0.29, 0.717) is 0 Å². The molecule has 92 valence electrons. The number of rotatable bonds is 4. The zero-order chi connectivity index (χ0) is 12.4. The smallest absolute Gasteiger partial charge is 0.193 e. The van der Waals surface area contributed by atoms with E-state index in [0.717, 1.165) is 29.4 Å². The molecule has 3 rings (SSSR count). The minimum Gasteiger partial charge on any atom is -0.305 e. The molecule has 0 unspecified atom stereocenters. The molecule has 0 aliphatic carbocycles. The van der Waals surface area contributed by atoms with Crippen LogP contribution in [0.4, 0.5) is 0 Å². The first-order chi connectivity index (χ1) is 8.83. The molecule has 3 aromatic heterocycles. The van der Waals surface area contributed by atoms with E-state index in [4.69, 9.17) is 0 Å². The van der Waals surface area contributed by atoms with Crippen LogP contribution < -0.4 is 5.32 Å². The summed E-state index contributed by atoms with van der Waals surface area (Å²) in [7, 11) is 0. The fraction of sp³-hybridized carbons (Fsp3) is 0.231. The molecule has 1 N–H and O–H groups in total. The number of hydrogen-bond acceptors (Lipinski definition) is 4. The lowest BCUT2D eigenvalue weighted by Crippen LogP contribution is -2.14. The van der Waals surface area contributed by atoms with Crippen LogP contribution in [0.2, 0.25) is 0 Å². The van der Waals surface area contributed by atoms with Crippen molar-refractivity contribution in [3.8, 4) is 0 Å². The van der Waals surface area contributed by atoms with E-state index in [1.807, 2.05) is 28.2 Å². The standard InChI is InChI=1S/C13H14N4S/c1-10-3-2-4-15-12(10)8-14-7-11-9-17-5-6-18-13(17)16-11/h2-6,9,14H,7-8H2,1H3. The Morgan fingerprint density at radius 3 is 3.17 bits per heavy atom. The molecule has 3 heterocycles. The molecule has 0 spiro atoms. The highest BCUT2D eigenvalue weighted by molar-refractivity contribution is 7.15. The summed E-state index contributed by atoms with van der Waals surface area (Å²) >= 11 is 1.65. The van der Waals surface area contributed by atoms with Gasteiger partial charge in [0, 0.05) is 37.1 Å². The highest BCUT2D eigenvalue weighted by Gasteiger charge is 2.03. The second-order valence-electron chi connectivity index (χ2n) is 4.20. The summed E-state index contributed by atoms with van der Waals surface area (Å²) in [6.07, 6.45) is 5.92. The first-order valence-electron chi connectivity index (χ1n) is 5.85. The van der Waals surface area contributed by atoms with Gasteiger partial charge in [0.05, 0.1) is 11.4 Å². The van der Waals surface area contributed by atoms with Crippen LogP contribution in [0.3, 0.4) is 0 Å². The van der Waals surface area contributed by atoms with Gasteiger partial charge in [-0.2, -0.15) is 0 Å². The lowest BCUT2D eigenvalue weighted by Gasteiger charge is -2.04. The van der Waals surface area contributed by atoms with Gasteiger partial charge in [-0.15, -0.1) is 11.3 Å². The molecule has 0 bridgehead atoms. The number of nitrogens with one attached hydrogen (secondary N) is 1. The van der Waals surface area contributed by atoms with Gasteiger partial charge in [0.1, 0.15) is 0 Å². The topological polar surface area (TPSA) is 42.2 Å². The van der Waals surface area contributed by atoms with Gasteiger partial charge >= 0.3 is 0 Å². The fourth-order valence-corrected chi connectivity index (χ4v) is 2.59. The van der Waals surface area contributed by atoms with Crippen molar-refractivity contribution in [2.75, 3.05) is 0 Å². The van der Waals surface area contributed by atoms with Crippen molar-refractivity contribution in [1.82, 2.24) is 19.7 Å². The number of thiazole rings is 1. The third-order valence-corrected chi connectivity index (χ3v) is 3.63. The van der Waals surface area contributed by atoms with E-state index in [1.54, 1.807) is 11.3 Å². The van der Waals surface area contributed by atoms with Crippen molar-refractivity contribution >= 4 is 16.3 Å². The second-order valence-corrected chi connectivity index (χ2v) is 5.07. The Balaban J connectivity index is 1.62. The number of aromatic nitrogens is 3. The predicted octanol–water partition coefficient (Wildman–Crippen LogP) is 2.39. The molecular formula is C13H14N4S. The first kappa shape index (κ1) is 11.4. The molecule has 5 heteroatoms. The summed E-state index contributed by atoms with van der Waals surface area (Å²) in [6, 6.07) is 4.04. The molecule has 0 amide bonds. The molecule has 0 fully saturated rings. The maximum absolute atomic E-state index is 4.52. The normalized spacial score (nSPS) is 11.2. The van der Waals surface area contributed by atoms with Crippen molar-refractivity contribution in [2.45, 2.75) is 20.0 Å². The second kappa shape index (κ2) is 4.88. The lowest BCUT2D eigenvalue weighted by atomic mass is 10.2. The van der Waals surface area contributed by atoms with E-state index >= 15 is 0 Å². The summed E-state index contributed by atoms with van der Waals surface area (Å²) in [5.74, 6) is 0. The molecule has 0 aliphatic rings. The van der Waals surface area contributed by atoms with Crippen molar-refractivity contribution < 1.29 is 0 Å². The first-order valence-corrected chi connectivity index (χ1v) is 6.73. The Morgan fingerprint density at radius 1 is 1.39 bits per heavy atom. The van der Waals surface area contributed by atoms with Gasteiger partial charge in [-0.1, -0.05) is 6.07 Å². The molecule has 3 aromatic rings. The molecule has 0 aliphatic heterocycles. The van der Waals surface area contributed by atoms with E-state index in [9.17, 15) is 0 Å². The van der Waals surface area contributed by atoms with Crippen molar-refractivity contribution in [2.24, 2.45) is 0 Å². The minimum atomic E-state index is 0.768. The quantitative estimate of drug-likeness (QED) is 0.781. The number of imidazole rings is 1. The van der Waals surface area contributed by atoms with Gasteiger partial charge in [-0.3, -0.25) is 9.38 Å². The molecule has 4 nitrogen and oxygen atoms in total. The van der Waals surface area contributed by atoms with Gasteiger partial charge < -0.3 is 5.32 Å². The van der Waals surface area contributed by atoms with Gasteiger partial charge in [-0.25, -0.2) is 4.98 Å². The summed E-state index contributed by atoms with van der Waals surface area (Å²) < 4.78 is 2.05. The SMILES string of the molecule is Cc1cccnc1CNCc1cn2ccsc2n1. The fourth-order valence-electron chi connectivity index (χ4n) is 1.87. The number of aryl methyl sites for hydroxylation is 1. The molecule has 0 radical (unpaired) electrons. The third-order valence-electron chi connectivity index (χ3n) is 2.86. The molecule has 0 saturated carbocycles. The van der Waals surface area contributed by atoms with Gasteiger partial charge in [-0.05, 0) is 18.6 Å². The average Bonchev–Trinajstić information content (AvgIpc) is 2.92. The van der Waals surface area contributed by atoms with E-state index in [-0.39, 0.29) is 0 Å². The highest BCUT2D eigenvalue weighted by atomic mass is 32.1. The van der Waals surface area contributed by atoms with E-state index < -0.39 is 0 Å². The van der Waals surface area contributed by atoms with Crippen LogP contribution >= 0.6 is 11.3 Å². The Kier molecular flexibility index (Phi) is 3.08. The average molecular weight is 258 g/mol. The summed E-state index contributed by atoms with van der Waals surface area (Å²) in [5.41, 5.74) is 3.38. The molecule has 0 aromatic carbocycles. The maximum Gasteiger partial charge on any atom is 0.193 e. The van der Waals surface area contributed by atoms with Crippen LogP contribution in [0.15, 0.2) is 36.1 Å². The van der Waals surface area contributed by atoms with Crippen LogP contribution in [0.1, 0.15) is 17.0 Å². The van der Waals surface area contributed by atoms with Crippen molar-refractivity contribution in [1.29, 1.82) is 0 Å². The van der Waals surface area contributed by atoms with Gasteiger partial charge in [0.15, 0.2) is 4.96 Å². The Labute approximate surface area is 109 Å². The molecule has 0 atom stereocenters. The zero-order valence-electron chi connectivity index (χ0n) is 10.1. The lowest BCUT2D eigenvalue weighted by molar-refractivity contribution is 0.667. The Bertz CT molecular complexity index is 627. The van der Waals surface area contributed by atoms with Crippen LogP contribution in [0.25, 0.3) is 4.96 Å². The Hall–Kier alpha value is -1.72. The summed E-state index contributed by atoms with van der Waals surface area (Å²) in [5, 5.41) is 5.41. The van der Waals surface area contributed by atoms with Crippen molar-refractivity contribution in [3.05, 3.63) is 53.1 Å². The molecular weight excluding hydrogens is 244 g/mol. The molecule has 0 saturated heterocycles. The monoisotopic (exact) mass is 258 g/mol. The summed E-state index contributed by atoms with van der Waals surface area (Å²) in [6.45, 7) is 3.62. The van der Waals surface area contributed by atoms with E-state index in [1.165, 1.54) is 5.56 Å². The van der Waals surface area contributed by atoms with Crippen LogP contribution in [-0.4, -0.2) is 14.4 Å². The van der Waals surface area contributed by atoms with Crippen LogP contribution in [0.5, 0.6) is 0 Å². The van der Waals surface area contributed by atoms with Gasteiger partial charge in [0.25, 0.3) is 0 Å². The molecule has 18 heavy (non-hydrogen) atoms. The van der Waals surface area contributed by atoms with Crippen LogP contribution in [0, 0.1) is 6.92 Å². The minimum absolute atomic E-state index is 0.768. The van der Waals surface area contributed by atoms with Gasteiger partial charge in [0.2, 0.25) is 0 Å². The Morgan fingerprint density at radius 2 is 2.33 bits per heavy atom. The number of pyridine rings is 1. The summed E-state index contributed by atoms with van der Waals surface area (Å²) in [4.78, 5) is 9.92. The predicted molar refractivity (Wildman–Crippen MR) is 72.6 cm³/mol. The zero-order valence-corrected chi connectivity index (χ0v) is 10.9. The third kappa shape index (κ3) is 2.27. The maximum atomic E-state index is 4.52. The van der Waals surface area contributed by atoms with E-state index in [2.05, 4.69) is 34.5 Å². The number of fused-ring (bicyclic) bond motifs is 1. The largest absolute Gasteiger partial charge is 0.305 e. The highest BCUT2D eigenvalue weighted by Crippen LogP contribution is 2.11. The number of nitrogens with zero attached hydrogens (tertiary/aromatic N) is 3. The van der Waals surface area contributed by atoms with Crippen LogP contribution in [-0.2, 0) is 13.1 Å². The number of hydrogen-bond donors (Lipinski definition) is 1. The van der Waals surface area contributed by atoms with Crippen molar-refractivity contribution in [3.63, 3.8) is 0 Å².